The van der Waals surface area contributed by atoms with Gasteiger partial charge in [0.2, 0.25) is 0 Å². The standard InChI is InChI=1S/C29H29FN2O7.CH4/c1-38-27(36)17-11-16(30)5-6-19(17)31-26(35)18-12-29(37)21-10-15-4-7-20(33)24-22(15)28(29,25(39-24)23(18)34)8-9-32(21)13-14-2-3-14;/h4-7,11,14,21,25,33-34,37H,2-3,8-10,12-13H2,1H3,(H,31,35);1H4/t21-,25+,28+,29-;/m1./s1. The van der Waals surface area contributed by atoms with Gasteiger partial charge >= 0.3 is 5.97 Å². The number of likely N-dealkylation sites (tertiary alicyclic amines) is 1. The number of carbonyl (C=O) groups excluding carboxylic acids is 2. The topological polar surface area (TPSA) is 129 Å². The molecule has 10 heteroatoms. The number of anilines is 1. The zero-order valence-electron chi connectivity index (χ0n) is 21.4. The number of esters is 1. The number of hydrogen-bond acceptors (Lipinski definition) is 8. The van der Waals surface area contributed by atoms with Gasteiger partial charge in [-0.15, -0.1) is 0 Å². The minimum Gasteiger partial charge on any atom is -0.508 e. The number of ether oxygens (including phenoxy) is 2. The third kappa shape index (κ3) is 3.45. The SMILES string of the molecule is C.COC(=O)c1cc(F)ccc1NC(=O)C1=C(O)[C@@H]2Oc3c(O)ccc4c3[C@@]23CCN(CC2CC2)[C@H](C4)[C@]3(O)C1. The lowest BCUT2D eigenvalue weighted by molar-refractivity contribution is -0.172. The van der Waals surface area contributed by atoms with E-state index in [0.29, 0.717) is 25.3 Å². The van der Waals surface area contributed by atoms with Gasteiger partial charge in [-0.2, -0.15) is 0 Å². The summed E-state index contributed by atoms with van der Waals surface area (Å²) in [5.74, 6) is -1.83. The van der Waals surface area contributed by atoms with Gasteiger partial charge in [0.15, 0.2) is 17.6 Å². The summed E-state index contributed by atoms with van der Waals surface area (Å²) in [6.07, 6.45) is 2.09. The molecule has 2 fully saturated rings. The van der Waals surface area contributed by atoms with Crippen molar-refractivity contribution in [1.82, 2.24) is 4.90 Å². The fourth-order valence-corrected chi connectivity index (χ4v) is 7.47. The molecule has 2 bridgehead atoms. The Balaban J connectivity index is 0.00000289. The van der Waals surface area contributed by atoms with Crippen LogP contribution in [0.3, 0.4) is 0 Å². The summed E-state index contributed by atoms with van der Waals surface area (Å²) >= 11 is 0. The lowest BCUT2D eigenvalue weighted by Crippen LogP contribution is -2.75. The highest BCUT2D eigenvalue weighted by molar-refractivity contribution is 6.08. The van der Waals surface area contributed by atoms with E-state index >= 15 is 0 Å². The molecule has 1 spiro atoms. The summed E-state index contributed by atoms with van der Waals surface area (Å²) in [6, 6.07) is 6.41. The molecule has 1 saturated carbocycles. The van der Waals surface area contributed by atoms with Crippen LogP contribution in [-0.4, -0.2) is 70.0 Å². The van der Waals surface area contributed by atoms with Crippen molar-refractivity contribution in [3.05, 3.63) is 64.2 Å². The van der Waals surface area contributed by atoms with Crippen molar-refractivity contribution in [3.63, 3.8) is 0 Å². The number of carbonyl (C=O) groups is 2. The molecule has 2 aromatic rings. The lowest BCUT2D eigenvalue weighted by atomic mass is 9.49. The highest BCUT2D eigenvalue weighted by atomic mass is 19.1. The van der Waals surface area contributed by atoms with Gasteiger partial charge < -0.3 is 30.1 Å². The van der Waals surface area contributed by atoms with Gasteiger partial charge in [-0.05, 0) is 68.0 Å². The number of rotatable bonds is 5. The number of hydrogen-bond donors (Lipinski definition) is 4. The van der Waals surface area contributed by atoms with E-state index in [-0.39, 0.29) is 54.0 Å². The Kier molecular flexibility index (Phi) is 5.94. The van der Waals surface area contributed by atoms with Crippen LogP contribution in [0.5, 0.6) is 11.5 Å². The molecule has 0 aromatic heterocycles. The minimum atomic E-state index is -1.47. The molecule has 7 rings (SSSR count). The molecule has 1 amide bonds. The van der Waals surface area contributed by atoms with Gasteiger partial charge in [-0.3, -0.25) is 9.69 Å². The van der Waals surface area contributed by atoms with Crippen LogP contribution < -0.4 is 10.1 Å². The number of phenolic OH excluding ortho intramolecular Hbond substituents is 1. The molecule has 40 heavy (non-hydrogen) atoms. The van der Waals surface area contributed by atoms with Crippen molar-refractivity contribution in [2.24, 2.45) is 5.92 Å². The number of nitrogens with one attached hydrogen (secondary N) is 1. The average molecular weight is 553 g/mol. The first-order valence-corrected chi connectivity index (χ1v) is 13.3. The normalized spacial score (nSPS) is 29.7. The second-order valence-corrected chi connectivity index (χ2v) is 11.4. The van der Waals surface area contributed by atoms with Crippen LogP contribution in [0.4, 0.5) is 10.1 Å². The van der Waals surface area contributed by atoms with Crippen LogP contribution in [0.15, 0.2) is 41.7 Å². The van der Waals surface area contributed by atoms with Gasteiger partial charge in [0.1, 0.15) is 11.6 Å². The molecule has 1 saturated heterocycles. The first-order valence-electron chi connectivity index (χ1n) is 13.3. The number of aliphatic hydroxyl groups is 2. The van der Waals surface area contributed by atoms with Crippen LogP contribution in [0.2, 0.25) is 0 Å². The second-order valence-electron chi connectivity index (χ2n) is 11.4. The van der Waals surface area contributed by atoms with Crippen LogP contribution in [0.25, 0.3) is 0 Å². The summed E-state index contributed by atoms with van der Waals surface area (Å²) in [6.45, 7) is 1.55. The van der Waals surface area contributed by atoms with E-state index in [1.807, 2.05) is 6.07 Å². The molecule has 2 heterocycles. The number of aliphatic hydroxyl groups excluding tert-OH is 1. The fourth-order valence-electron chi connectivity index (χ4n) is 7.47. The Bertz CT molecular complexity index is 1470. The van der Waals surface area contributed by atoms with Gasteiger partial charge in [-0.25, -0.2) is 9.18 Å². The van der Waals surface area contributed by atoms with Crippen LogP contribution in [0.1, 0.15) is 54.6 Å². The summed E-state index contributed by atoms with van der Waals surface area (Å²) in [7, 11) is 1.15. The lowest BCUT2D eigenvalue weighted by Gasteiger charge is -2.62. The first kappa shape index (κ1) is 26.6. The number of phenols is 1. The Morgan fingerprint density at radius 2 is 2.00 bits per heavy atom. The predicted molar refractivity (Wildman–Crippen MR) is 143 cm³/mol. The summed E-state index contributed by atoms with van der Waals surface area (Å²) in [5, 5.41) is 37.5. The zero-order valence-corrected chi connectivity index (χ0v) is 21.4. The van der Waals surface area contributed by atoms with Crippen molar-refractivity contribution in [2.75, 3.05) is 25.5 Å². The quantitative estimate of drug-likeness (QED) is 0.415. The molecule has 2 aromatic carbocycles. The molecule has 0 radical (unpaired) electrons. The van der Waals surface area contributed by atoms with E-state index in [2.05, 4.69) is 10.2 Å². The van der Waals surface area contributed by atoms with Crippen molar-refractivity contribution >= 4 is 17.6 Å². The number of nitrogens with zero attached hydrogens (tertiary/aromatic N) is 1. The van der Waals surface area contributed by atoms with E-state index in [1.165, 1.54) is 6.07 Å². The van der Waals surface area contributed by atoms with Crippen molar-refractivity contribution in [3.8, 4) is 11.5 Å². The molecular formula is C30H33FN2O7. The average Bonchev–Trinajstić information content (AvgIpc) is 3.66. The maximum atomic E-state index is 13.9. The highest BCUT2D eigenvalue weighted by Gasteiger charge is 2.73. The highest BCUT2D eigenvalue weighted by Crippen LogP contribution is 2.66. The van der Waals surface area contributed by atoms with Gasteiger partial charge in [0.25, 0.3) is 5.91 Å². The molecular weight excluding hydrogens is 519 g/mol. The molecule has 9 nitrogen and oxygen atoms in total. The Labute approximate surface area is 231 Å². The zero-order chi connectivity index (χ0) is 27.3. The van der Waals surface area contributed by atoms with Crippen LogP contribution >= 0.6 is 0 Å². The Hall–Kier alpha value is -3.63. The van der Waals surface area contributed by atoms with Gasteiger partial charge in [0.05, 0.1) is 34.9 Å². The fraction of sp³-hybridized carbons (Fsp3) is 0.467. The number of benzene rings is 2. The molecule has 4 atom stereocenters. The van der Waals surface area contributed by atoms with Gasteiger partial charge in [-0.1, -0.05) is 13.5 Å². The molecule has 4 N–H and O–H groups in total. The Morgan fingerprint density at radius 1 is 1.23 bits per heavy atom. The number of halogens is 1. The smallest absolute Gasteiger partial charge is 0.340 e. The van der Waals surface area contributed by atoms with E-state index in [0.717, 1.165) is 49.8 Å². The first-order chi connectivity index (χ1) is 18.7. The molecule has 2 aliphatic heterocycles. The predicted octanol–water partition coefficient (Wildman–Crippen LogP) is 3.58. The third-order valence-electron chi connectivity index (χ3n) is 9.43. The number of amides is 1. The van der Waals surface area contributed by atoms with Crippen molar-refractivity contribution in [1.29, 1.82) is 0 Å². The second kappa shape index (κ2) is 8.94. The number of methoxy groups -OCH3 is 1. The number of aromatic hydroxyl groups is 1. The largest absolute Gasteiger partial charge is 0.508 e. The van der Waals surface area contributed by atoms with Crippen molar-refractivity contribution in [2.45, 2.75) is 62.7 Å². The van der Waals surface area contributed by atoms with Crippen LogP contribution in [0, 0.1) is 11.7 Å². The summed E-state index contributed by atoms with van der Waals surface area (Å²) in [4.78, 5) is 28.2. The maximum absolute atomic E-state index is 13.9. The maximum Gasteiger partial charge on any atom is 0.340 e. The van der Waals surface area contributed by atoms with E-state index in [1.54, 1.807) is 6.07 Å². The Morgan fingerprint density at radius 3 is 2.73 bits per heavy atom. The molecule has 5 aliphatic rings. The third-order valence-corrected chi connectivity index (χ3v) is 9.43. The van der Waals surface area contributed by atoms with E-state index < -0.39 is 34.8 Å². The summed E-state index contributed by atoms with van der Waals surface area (Å²) < 4.78 is 24.8. The van der Waals surface area contributed by atoms with Crippen molar-refractivity contribution < 1.29 is 38.8 Å². The van der Waals surface area contributed by atoms with Crippen LogP contribution in [-0.2, 0) is 21.4 Å². The summed E-state index contributed by atoms with van der Waals surface area (Å²) in [5.41, 5.74) is -1.06. The monoisotopic (exact) mass is 552 g/mol. The molecule has 3 aliphatic carbocycles. The number of piperidine rings is 1. The molecule has 212 valence electrons. The van der Waals surface area contributed by atoms with E-state index in [4.69, 9.17) is 9.47 Å². The molecule has 0 unspecified atom stereocenters. The van der Waals surface area contributed by atoms with E-state index in [9.17, 15) is 29.3 Å². The minimum absolute atomic E-state index is 0. The van der Waals surface area contributed by atoms with Gasteiger partial charge in [0, 0.05) is 24.6 Å².